The van der Waals surface area contributed by atoms with Crippen LogP contribution in [0, 0.1) is 17.2 Å². The lowest BCUT2D eigenvalue weighted by Gasteiger charge is -2.37. The summed E-state index contributed by atoms with van der Waals surface area (Å²) in [5.41, 5.74) is 1.17. The SMILES string of the molecule is CC(C)CC(=O)N1c2cccc(O)c2NC2=C(C1c1ccc(OCc3ccccc3)cc1F)S(=O)(=O)CC(C)(C)C2. The molecule has 5 rings (SSSR count). The maximum atomic E-state index is 16.1. The predicted molar refractivity (Wildman–Crippen MR) is 158 cm³/mol. The second-order valence-electron chi connectivity index (χ2n) is 12.0. The van der Waals surface area contributed by atoms with Gasteiger partial charge in [-0.2, -0.15) is 0 Å². The third kappa shape index (κ3) is 5.81. The van der Waals surface area contributed by atoms with Crippen LogP contribution in [0.3, 0.4) is 0 Å². The highest BCUT2D eigenvalue weighted by molar-refractivity contribution is 7.95. The normalized spacial score (nSPS) is 19.2. The molecule has 0 fully saturated rings. The Morgan fingerprint density at radius 1 is 1.12 bits per heavy atom. The summed E-state index contributed by atoms with van der Waals surface area (Å²) in [5, 5.41) is 14.0. The van der Waals surface area contributed by atoms with E-state index >= 15 is 4.39 Å². The Labute approximate surface area is 240 Å². The molecule has 0 aromatic heterocycles. The number of amides is 1. The highest BCUT2D eigenvalue weighted by atomic mass is 32.2. The van der Waals surface area contributed by atoms with Crippen LogP contribution in [0.15, 0.2) is 77.3 Å². The van der Waals surface area contributed by atoms with Crippen LogP contribution in [0.25, 0.3) is 0 Å². The van der Waals surface area contributed by atoms with Crippen molar-refractivity contribution < 1.29 is 27.4 Å². The summed E-state index contributed by atoms with van der Waals surface area (Å²) in [5.74, 6) is -1.14. The van der Waals surface area contributed by atoms with Gasteiger partial charge in [0.15, 0.2) is 9.84 Å². The molecule has 9 heteroatoms. The molecular formula is C32H35FN2O5S. The van der Waals surface area contributed by atoms with Gasteiger partial charge in [0, 0.05) is 23.7 Å². The van der Waals surface area contributed by atoms with Gasteiger partial charge in [0.05, 0.1) is 16.3 Å². The van der Waals surface area contributed by atoms with Gasteiger partial charge in [-0.1, -0.05) is 64.1 Å². The zero-order valence-electron chi connectivity index (χ0n) is 23.6. The number of para-hydroxylation sites is 1. The van der Waals surface area contributed by atoms with Crippen LogP contribution in [-0.2, 0) is 21.2 Å². The fourth-order valence-corrected chi connectivity index (χ4v) is 8.03. The third-order valence-electron chi connectivity index (χ3n) is 7.30. The summed E-state index contributed by atoms with van der Waals surface area (Å²) >= 11 is 0. The van der Waals surface area contributed by atoms with Crippen molar-refractivity contribution in [3.8, 4) is 11.5 Å². The van der Waals surface area contributed by atoms with Gasteiger partial charge in [0.1, 0.15) is 35.7 Å². The zero-order chi connectivity index (χ0) is 29.5. The molecule has 1 unspecified atom stereocenters. The van der Waals surface area contributed by atoms with Crippen molar-refractivity contribution in [3.05, 3.63) is 94.3 Å². The number of nitrogens with zero attached hydrogens (tertiary/aromatic N) is 1. The number of ether oxygens (including phenoxy) is 1. The minimum Gasteiger partial charge on any atom is -0.506 e. The topological polar surface area (TPSA) is 95.9 Å². The van der Waals surface area contributed by atoms with E-state index in [1.165, 1.54) is 23.1 Å². The number of halogens is 1. The van der Waals surface area contributed by atoms with E-state index in [0.717, 1.165) is 5.56 Å². The first-order chi connectivity index (χ1) is 19.4. The number of nitrogens with one attached hydrogen (secondary N) is 1. The molecule has 7 nitrogen and oxygen atoms in total. The summed E-state index contributed by atoms with van der Waals surface area (Å²) < 4.78 is 49.9. The summed E-state index contributed by atoms with van der Waals surface area (Å²) in [6.45, 7) is 7.70. The molecule has 2 aliphatic heterocycles. The molecule has 0 aliphatic carbocycles. The van der Waals surface area contributed by atoms with E-state index in [2.05, 4.69) is 5.32 Å². The quantitative estimate of drug-likeness (QED) is 0.316. The van der Waals surface area contributed by atoms with Crippen LogP contribution in [0.4, 0.5) is 15.8 Å². The fraction of sp³-hybridized carbons (Fsp3) is 0.344. The summed E-state index contributed by atoms with van der Waals surface area (Å²) in [7, 11) is -3.97. The van der Waals surface area contributed by atoms with Gasteiger partial charge in [-0.3, -0.25) is 9.69 Å². The minimum absolute atomic E-state index is 0.0305. The molecule has 1 atom stereocenters. The van der Waals surface area contributed by atoms with Gasteiger partial charge < -0.3 is 15.2 Å². The molecule has 3 aromatic carbocycles. The Morgan fingerprint density at radius 3 is 2.54 bits per heavy atom. The third-order valence-corrected chi connectivity index (χ3v) is 9.60. The van der Waals surface area contributed by atoms with Crippen molar-refractivity contribution in [2.75, 3.05) is 16.0 Å². The molecule has 0 saturated heterocycles. The molecule has 0 radical (unpaired) electrons. The van der Waals surface area contributed by atoms with E-state index < -0.39 is 27.1 Å². The first kappa shape index (κ1) is 28.7. The van der Waals surface area contributed by atoms with Crippen molar-refractivity contribution in [1.29, 1.82) is 0 Å². The first-order valence-corrected chi connectivity index (χ1v) is 15.3. The lowest BCUT2D eigenvalue weighted by Crippen LogP contribution is -2.41. The number of aromatic hydroxyl groups is 1. The van der Waals surface area contributed by atoms with E-state index in [1.54, 1.807) is 18.2 Å². The number of carbonyl (C=O) groups is 1. The van der Waals surface area contributed by atoms with Gasteiger partial charge in [-0.25, -0.2) is 12.8 Å². The molecular weight excluding hydrogens is 543 g/mol. The van der Waals surface area contributed by atoms with Crippen LogP contribution in [0.2, 0.25) is 0 Å². The summed E-state index contributed by atoms with van der Waals surface area (Å²) in [4.78, 5) is 15.2. The average molecular weight is 579 g/mol. The number of sulfone groups is 1. The van der Waals surface area contributed by atoms with Crippen molar-refractivity contribution in [2.45, 2.75) is 53.2 Å². The Balaban J connectivity index is 1.69. The van der Waals surface area contributed by atoms with Crippen molar-refractivity contribution in [1.82, 2.24) is 0 Å². The second-order valence-corrected chi connectivity index (χ2v) is 13.9. The molecule has 1 amide bonds. The standard InChI is InChI=1S/C32H35FN2O5S/c1-20(2)15-28(37)35-26-11-8-12-27(36)29(26)34-25-17-32(3,4)19-41(38,39)31(25)30(35)23-14-13-22(16-24(23)33)40-18-21-9-6-5-7-10-21/h5-14,16,20,30,34,36H,15,17-19H2,1-4H3. The van der Waals surface area contributed by atoms with Gasteiger partial charge in [0.2, 0.25) is 5.91 Å². The Bertz CT molecular complexity index is 1620. The fourth-order valence-electron chi connectivity index (χ4n) is 5.67. The average Bonchev–Trinajstić information content (AvgIpc) is 3.02. The van der Waals surface area contributed by atoms with Gasteiger partial charge in [0.25, 0.3) is 0 Å². The number of rotatable bonds is 6. The van der Waals surface area contributed by atoms with E-state index in [9.17, 15) is 18.3 Å². The lowest BCUT2D eigenvalue weighted by atomic mass is 9.88. The maximum Gasteiger partial charge on any atom is 0.228 e. The van der Waals surface area contributed by atoms with E-state index in [1.807, 2.05) is 58.0 Å². The van der Waals surface area contributed by atoms with E-state index in [0.29, 0.717) is 12.1 Å². The van der Waals surface area contributed by atoms with Crippen LogP contribution in [0.5, 0.6) is 11.5 Å². The number of hydrogen-bond acceptors (Lipinski definition) is 6. The molecule has 41 heavy (non-hydrogen) atoms. The molecule has 2 N–H and O–H groups in total. The number of phenols is 1. The smallest absolute Gasteiger partial charge is 0.228 e. The molecule has 216 valence electrons. The van der Waals surface area contributed by atoms with Crippen LogP contribution >= 0.6 is 0 Å². The molecule has 2 heterocycles. The van der Waals surface area contributed by atoms with Crippen molar-refractivity contribution in [3.63, 3.8) is 0 Å². The minimum atomic E-state index is -3.97. The first-order valence-electron chi connectivity index (χ1n) is 13.7. The van der Waals surface area contributed by atoms with Crippen LogP contribution in [-0.4, -0.2) is 25.2 Å². The molecule has 0 saturated carbocycles. The highest BCUT2D eigenvalue weighted by Crippen LogP contribution is 2.51. The zero-order valence-corrected chi connectivity index (χ0v) is 24.5. The van der Waals surface area contributed by atoms with E-state index in [4.69, 9.17) is 4.74 Å². The number of benzene rings is 3. The second kappa shape index (κ2) is 10.9. The summed E-state index contributed by atoms with van der Waals surface area (Å²) in [6, 6.07) is 17.2. The number of hydrogen-bond donors (Lipinski definition) is 2. The largest absolute Gasteiger partial charge is 0.506 e. The molecule has 3 aromatic rings. The Hall–Kier alpha value is -3.85. The summed E-state index contributed by atoms with van der Waals surface area (Å²) in [6.07, 6.45) is 0.428. The number of allylic oxidation sites excluding steroid dienone is 1. The molecule has 0 bridgehead atoms. The van der Waals surface area contributed by atoms with Crippen LogP contribution in [0.1, 0.15) is 57.7 Å². The maximum absolute atomic E-state index is 16.1. The number of carbonyl (C=O) groups excluding carboxylic acids is 1. The number of anilines is 2. The molecule has 0 spiro atoms. The van der Waals surface area contributed by atoms with Crippen molar-refractivity contribution in [2.24, 2.45) is 11.3 Å². The van der Waals surface area contributed by atoms with Crippen LogP contribution < -0.4 is 15.0 Å². The Kier molecular flexibility index (Phi) is 7.59. The van der Waals surface area contributed by atoms with Crippen molar-refractivity contribution >= 4 is 27.1 Å². The predicted octanol–water partition coefficient (Wildman–Crippen LogP) is 6.71. The van der Waals surface area contributed by atoms with Gasteiger partial charge in [-0.15, -0.1) is 0 Å². The van der Waals surface area contributed by atoms with E-state index in [-0.39, 0.29) is 63.9 Å². The molecule has 2 aliphatic rings. The number of phenolic OH excluding ortho intramolecular Hbond substituents is 1. The van der Waals surface area contributed by atoms with Gasteiger partial charge >= 0.3 is 0 Å². The Morgan fingerprint density at radius 2 is 1.85 bits per heavy atom. The monoisotopic (exact) mass is 578 g/mol. The lowest BCUT2D eigenvalue weighted by molar-refractivity contribution is -0.119. The van der Waals surface area contributed by atoms with Gasteiger partial charge in [-0.05, 0) is 47.6 Å². The number of fused-ring (bicyclic) bond motifs is 1. The highest BCUT2D eigenvalue weighted by Gasteiger charge is 2.47.